The molecule has 0 atom stereocenters. The predicted octanol–water partition coefficient (Wildman–Crippen LogP) is 2.53. The number of hydrogen-bond acceptors (Lipinski definition) is 0. The average Bonchev–Trinajstić information content (AvgIpc) is 1.91. The first-order chi connectivity index (χ1) is 4.43. The molecule has 0 saturated heterocycles. The minimum absolute atomic E-state index is 0.990. The van der Waals surface area contributed by atoms with Gasteiger partial charge in [-0.2, -0.15) is 0 Å². The van der Waals surface area contributed by atoms with Crippen molar-refractivity contribution in [3.05, 3.63) is 42.3 Å². The zero-order valence-corrected chi connectivity index (χ0v) is 5.59. The molecule has 0 saturated carbocycles. The Morgan fingerprint density at radius 2 is 1.89 bits per heavy atom. The topological polar surface area (TPSA) is 0 Å². The van der Waals surface area contributed by atoms with E-state index >= 15 is 0 Å². The summed E-state index contributed by atoms with van der Waals surface area (Å²) in [5.41, 5.74) is 1.19. The normalized spacial score (nSPS) is 9.44. The molecule has 0 aliphatic heterocycles. The van der Waals surface area contributed by atoms with E-state index < -0.39 is 0 Å². The molecule has 0 bridgehead atoms. The molecule has 1 aromatic carbocycles. The highest BCUT2D eigenvalue weighted by atomic mass is 13.9. The zero-order valence-electron chi connectivity index (χ0n) is 5.59. The summed E-state index contributed by atoms with van der Waals surface area (Å²) in [5.74, 6) is 0. The fourth-order valence-corrected chi connectivity index (χ4v) is 0.760. The van der Waals surface area contributed by atoms with Gasteiger partial charge in [0.25, 0.3) is 0 Å². The van der Waals surface area contributed by atoms with Crippen molar-refractivity contribution in [2.24, 2.45) is 0 Å². The van der Waals surface area contributed by atoms with E-state index in [1.807, 2.05) is 18.2 Å². The van der Waals surface area contributed by atoms with E-state index in [-0.39, 0.29) is 0 Å². The zero-order chi connectivity index (χ0) is 6.53. The summed E-state index contributed by atoms with van der Waals surface area (Å²) in [4.78, 5) is 0. The van der Waals surface area contributed by atoms with Crippen LogP contribution in [0.2, 0.25) is 0 Å². The molecule has 0 heteroatoms. The van der Waals surface area contributed by atoms with E-state index in [0.29, 0.717) is 0 Å². The van der Waals surface area contributed by atoms with Crippen LogP contribution in [-0.2, 0) is 0 Å². The highest BCUT2D eigenvalue weighted by molar-refractivity contribution is 5.21. The quantitative estimate of drug-likeness (QED) is 0.559. The van der Waals surface area contributed by atoms with Crippen LogP contribution in [0.1, 0.15) is 18.9 Å². The van der Waals surface area contributed by atoms with Crippen LogP contribution >= 0.6 is 0 Å². The minimum Gasteiger partial charge on any atom is -0.0645 e. The van der Waals surface area contributed by atoms with Crippen LogP contribution in [0.5, 0.6) is 0 Å². The maximum absolute atomic E-state index is 3.21. The van der Waals surface area contributed by atoms with E-state index in [4.69, 9.17) is 0 Å². The molecule has 0 aliphatic rings. The van der Waals surface area contributed by atoms with Crippen molar-refractivity contribution in [1.82, 2.24) is 0 Å². The fraction of sp³-hybridized carbons (Fsp3) is 0.222. The van der Waals surface area contributed by atoms with Crippen molar-refractivity contribution < 1.29 is 0 Å². The molecule has 0 unspecified atom stereocenters. The van der Waals surface area contributed by atoms with Gasteiger partial charge in [-0.05, 0) is 12.0 Å². The Labute approximate surface area is 56.5 Å². The van der Waals surface area contributed by atoms with E-state index in [1.54, 1.807) is 0 Å². The summed E-state index contributed by atoms with van der Waals surface area (Å²) >= 11 is 0. The lowest BCUT2D eigenvalue weighted by Crippen LogP contribution is -1.75. The van der Waals surface area contributed by atoms with E-state index in [9.17, 15) is 0 Å². The van der Waals surface area contributed by atoms with Crippen LogP contribution < -0.4 is 0 Å². The standard InChI is InChI=1S/C9H10/c1-2-6-9-7-4-3-5-8-9/h3-5,7-8H,2H2,1H3. The number of rotatable bonds is 2. The Morgan fingerprint density at radius 1 is 1.22 bits per heavy atom. The summed E-state index contributed by atoms with van der Waals surface area (Å²) < 4.78 is 0. The summed E-state index contributed by atoms with van der Waals surface area (Å²) in [7, 11) is 0. The molecule has 0 nitrogen and oxygen atoms in total. The van der Waals surface area contributed by atoms with Gasteiger partial charge in [-0.25, -0.2) is 0 Å². The van der Waals surface area contributed by atoms with E-state index in [1.165, 1.54) is 5.56 Å². The van der Waals surface area contributed by atoms with Gasteiger partial charge in [0.1, 0.15) is 0 Å². The smallest absolute Gasteiger partial charge is 0.0161 e. The summed E-state index contributed by atoms with van der Waals surface area (Å²) in [6.45, 7) is 2.09. The molecule has 1 aromatic rings. The molecular weight excluding hydrogens is 108 g/mol. The second-order valence-electron chi connectivity index (χ2n) is 1.90. The third kappa shape index (κ3) is 1.88. The molecule has 0 spiro atoms. The Morgan fingerprint density at radius 3 is 2.44 bits per heavy atom. The summed E-state index contributed by atoms with van der Waals surface area (Å²) in [6, 6.07) is 10.2. The molecule has 9 heavy (non-hydrogen) atoms. The molecule has 0 fully saturated rings. The monoisotopic (exact) mass is 118 g/mol. The van der Waals surface area contributed by atoms with Gasteiger partial charge in [0.05, 0.1) is 0 Å². The van der Waals surface area contributed by atoms with E-state index in [0.717, 1.165) is 6.42 Å². The third-order valence-corrected chi connectivity index (χ3v) is 1.15. The Bertz CT molecular complexity index is 153. The van der Waals surface area contributed by atoms with Crippen molar-refractivity contribution in [2.45, 2.75) is 13.3 Å². The molecule has 0 aromatic heterocycles. The lowest BCUT2D eigenvalue weighted by atomic mass is 10.1. The van der Waals surface area contributed by atoms with Crippen LogP contribution in [0.3, 0.4) is 0 Å². The number of benzene rings is 1. The van der Waals surface area contributed by atoms with Crippen molar-refractivity contribution in [1.29, 1.82) is 0 Å². The van der Waals surface area contributed by atoms with Crippen molar-refractivity contribution >= 4 is 0 Å². The van der Waals surface area contributed by atoms with Crippen LogP contribution in [0.25, 0.3) is 0 Å². The SMILES string of the molecule is CC[C]c1ccccc1. The van der Waals surface area contributed by atoms with Crippen LogP contribution in [0.15, 0.2) is 30.3 Å². The Hall–Kier alpha value is -0.780. The van der Waals surface area contributed by atoms with Gasteiger partial charge in [-0.15, -0.1) is 0 Å². The molecule has 0 N–H and O–H groups in total. The van der Waals surface area contributed by atoms with Gasteiger partial charge in [0.15, 0.2) is 0 Å². The summed E-state index contributed by atoms with van der Waals surface area (Å²) in [5, 5.41) is 0. The van der Waals surface area contributed by atoms with Gasteiger partial charge in [-0.1, -0.05) is 37.3 Å². The van der Waals surface area contributed by atoms with Gasteiger partial charge < -0.3 is 0 Å². The first-order valence-corrected chi connectivity index (χ1v) is 3.22. The van der Waals surface area contributed by atoms with Crippen LogP contribution in [0, 0.1) is 6.42 Å². The van der Waals surface area contributed by atoms with Crippen molar-refractivity contribution in [3.8, 4) is 0 Å². The molecule has 2 radical (unpaired) electrons. The minimum atomic E-state index is 0.990. The molecule has 0 amide bonds. The van der Waals surface area contributed by atoms with Gasteiger partial charge in [0, 0.05) is 6.42 Å². The highest BCUT2D eigenvalue weighted by Crippen LogP contribution is 2.02. The largest absolute Gasteiger partial charge is 0.0645 e. The second-order valence-corrected chi connectivity index (χ2v) is 1.90. The first kappa shape index (κ1) is 6.34. The first-order valence-electron chi connectivity index (χ1n) is 3.22. The summed E-state index contributed by atoms with van der Waals surface area (Å²) in [6.07, 6.45) is 4.20. The number of hydrogen-bond donors (Lipinski definition) is 0. The molecule has 0 heterocycles. The maximum atomic E-state index is 3.21. The Kier molecular flexibility index (Phi) is 2.32. The second kappa shape index (κ2) is 3.29. The molecule has 1 rings (SSSR count). The van der Waals surface area contributed by atoms with Gasteiger partial charge >= 0.3 is 0 Å². The van der Waals surface area contributed by atoms with E-state index in [2.05, 4.69) is 25.5 Å². The Balaban J connectivity index is 2.61. The average molecular weight is 118 g/mol. The highest BCUT2D eigenvalue weighted by Gasteiger charge is 1.85. The fourth-order valence-electron chi connectivity index (χ4n) is 0.760. The van der Waals surface area contributed by atoms with Gasteiger partial charge in [-0.3, -0.25) is 0 Å². The van der Waals surface area contributed by atoms with Crippen LogP contribution in [0.4, 0.5) is 0 Å². The van der Waals surface area contributed by atoms with Crippen molar-refractivity contribution in [2.75, 3.05) is 0 Å². The lowest BCUT2D eigenvalue weighted by Gasteiger charge is -1.92. The lowest BCUT2D eigenvalue weighted by molar-refractivity contribution is 1.12. The molecule has 46 valence electrons. The third-order valence-electron chi connectivity index (χ3n) is 1.15. The van der Waals surface area contributed by atoms with Crippen molar-refractivity contribution in [3.63, 3.8) is 0 Å². The predicted molar refractivity (Wildman–Crippen MR) is 39.1 cm³/mol. The molecule has 0 aliphatic carbocycles. The van der Waals surface area contributed by atoms with Gasteiger partial charge in [0.2, 0.25) is 0 Å². The maximum Gasteiger partial charge on any atom is 0.0161 e. The van der Waals surface area contributed by atoms with Crippen LogP contribution in [-0.4, -0.2) is 0 Å². The molecular formula is C9H10.